The van der Waals surface area contributed by atoms with Crippen molar-refractivity contribution in [1.29, 1.82) is 0 Å². The molecule has 0 aliphatic carbocycles. The van der Waals surface area contributed by atoms with Crippen molar-refractivity contribution in [3.05, 3.63) is 0 Å². The van der Waals surface area contributed by atoms with Crippen LogP contribution in [0, 0.1) is 0 Å². The van der Waals surface area contributed by atoms with Crippen LogP contribution in [0.5, 0.6) is 0 Å². The molecule has 0 amide bonds. The van der Waals surface area contributed by atoms with Crippen LogP contribution in [-0.2, 0) is 4.74 Å². The van der Waals surface area contributed by atoms with Gasteiger partial charge in [-0.15, -0.1) is 0 Å². The Bertz CT molecular complexity index is 264. The van der Waals surface area contributed by atoms with Gasteiger partial charge in [-0.2, -0.15) is 0 Å². The average Bonchev–Trinajstić information content (AvgIpc) is 2.49. The highest BCUT2D eigenvalue weighted by Gasteiger charge is 2.41. The van der Waals surface area contributed by atoms with E-state index in [4.69, 9.17) is 9.84 Å². The molecule has 126 valence electrons. The maximum Gasteiger partial charge on any atom is 0.109 e. The largest absolute Gasteiger partial charge is 0.395 e. The van der Waals surface area contributed by atoms with E-state index in [1.54, 1.807) is 0 Å². The molecule has 5 N–H and O–H groups in total. The molecule has 0 aromatic carbocycles. The lowest BCUT2D eigenvalue weighted by Crippen LogP contribution is -2.65. The van der Waals surface area contributed by atoms with Gasteiger partial charge in [0.15, 0.2) is 0 Å². The van der Waals surface area contributed by atoms with E-state index in [1.165, 1.54) is 0 Å². The number of aliphatic hydroxyl groups is 4. The molecule has 1 fully saturated rings. The Kier molecular flexibility index (Phi) is 9.39. The van der Waals surface area contributed by atoms with Crippen molar-refractivity contribution in [3.8, 4) is 0 Å². The lowest BCUT2D eigenvalue weighted by molar-refractivity contribution is -0.120. The first-order chi connectivity index (χ1) is 10.1. The first-order valence-corrected chi connectivity index (χ1v) is 8.10. The summed E-state index contributed by atoms with van der Waals surface area (Å²) in [4.78, 5) is 0. The maximum absolute atomic E-state index is 9.95. The Balaban J connectivity index is 2.16. The summed E-state index contributed by atoms with van der Waals surface area (Å²) in [7, 11) is 0. The molecule has 6 heteroatoms. The molecule has 5 atom stereocenters. The van der Waals surface area contributed by atoms with Gasteiger partial charge in [-0.1, -0.05) is 26.2 Å². The lowest BCUT2D eigenvalue weighted by Gasteiger charge is -2.41. The molecule has 0 aromatic rings. The first kappa shape index (κ1) is 18.8. The SMILES string of the molecule is CCCOCCCCCCC1N[C@H](CO)[C@@H](O)[C@H](O)[C@H]1O. The van der Waals surface area contributed by atoms with E-state index in [0.29, 0.717) is 0 Å². The van der Waals surface area contributed by atoms with Crippen molar-refractivity contribution < 1.29 is 25.2 Å². The molecule has 0 bridgehead atoms. The maximum atomic E-state index is 9.95. The molecule has 1 saturated heterocycles. The van der Waals surface area contributed by atoms with E-state index in [1.807, 2.05) is 0 Å². The summed E-state index contributed by atoms with van der Waals surface area (Å²) < 4.78 is 5.41. The Morgan fingerprint density at radius 2 is 1.52 bits per heavy atom. The van der Waals surface area contributed by atoms with Crippen molar-refractivity contribution in [2.45, 2.75) is 75.8 Å². The van der Waals surface area contributed by atoms with Gasteiger partial charge in [-0.3, -0.25) is 0 Å². The predicted octanol–water partition coefficient (Wildman–Crippen LogP) is -0.221. The Labute approximate surface area is 127 Å². The molecule has 6 nitrogen and oxygen atoms in total. The number of hydrogen-bond acceptors (Lipinski definition) is 6. The lowest BCUT2D eigenvalue weighted by atomic mass is 9.88. The second-order valence-corrected chi connectivity index (χ2v) is 5.85. The Morgan fingerprint density at radius 3 is 2.19 bits per heavy atom. The number of hydrogen-bond donors (Lipinski definition) is 5. The molecular formula is C15H31NO5. The van der Waals surface area contributed by atoms with Crippen LogP contribution in [0.3, 0.4) is 0 Å². The number of ether oxygens (including phenoxy) is 1. The Hall–Kier alpha value is -0.240. The highest BCUT2D eigenvalue weighted by atomic mass is 16.5. The summed E-state index contributed by atoms with van der Waals surface area (Å²) >= 11 is 0. The third-order valence-electron chi connectivity index (χ3n) is 4.05. The van der Waals surface area contributed by atoms with Gasteiger partial charge < -0.3 is 30.5 Å². The highest BCUT2D eigenvalue weighted by molar-refractivity contribution is 4.97. The molecule has 1 rings (SSSR count). The first-order valence-electron chi connectivity index (χ1n) is 8.10. The van der Waals surface area contributed by atoms with Crippen LogP contribution in [0.15, 0.2) is 0 Å². The van der Waals surface area contributed by atoms with E-state index in [9.17, 15) is 15.3 Å². The van der Waals surface area contributed by atoms with Gasteiger partial charge in [0, 0.05) is 19.3 Å². The molecule has 0 radical (unpaired) electrons. The van der Waals surface area contributed by atoms with Gasteiger partial charge in [0.05, 0.1) is 24.9 Å². The van der Waals surface area contributed by atoms with E-state index >= 15 is 0 Å². The number of nitrogens with one attached hydrogen (secondary N) is 1. The number of unbranched alkanes of at least 4 members (excludes halogenated alkanes) is 3. The van der Waals surface area contributed by atoms with Crippen LogP contribution in [-0.4, -0.2) is 70.6 Å². The molecule has 0 aromatic heterocycles. The zero-order chi connectivity index (χ0) is 15.7. The molecule has 1 heterocycles. The van der Waals surface area contributed by atoms with Crippen molar-refractivity contribution in [3.63, 3.8) is 0 Å². The van der Waals surface area contributed by atoms with Crippen molar-refractivity contribution >= 4 is 0 Å². The quantitative estimate of drug-likeness (QED) is 0.358. The second-order valence-electron chi connectivity index (χ2n) is 5.85. The van der Waals surface area contributed by atoms with Crippen LogP contribution in [0.1, 0.15) is 45.4 Å². The molecule has 1 unspecified atom stereocenters. The minimum Gasteiger partial charge on any atom is -0.395 e. The zero-order valence-electron chi connectivity index (χ0n) is 12.9. The fourth-order valence-electron chi connectivity index (χ4n) is 2.73. The van der Waals surface area contributed by atoms with Gasteiger partial charge in [0.25, 0.3) is 0 Å². The zero-order valence-corrected chi connectivity index (χ0v) is 12.9. The molecule has 21 heavy (non-hydrogen) atoms. The van der Waals surface area contributed by atoms with Crippen LogP contribution in [0.4, 0.5) is 0 Å². The summed E-state index contributed by atoms with van der Waals surface area (Å²) in [5.41, 5.74) is 0. The van der Waals surface area contributed by atoms with Gasteiger partial charge in [0.2, 0.25) is 0 Å². The fourth-order valence-corrected chi connectivity index (χ4v) is 2.73. The van der Waals surface area contributed by atoms with Crippen molar-refractivity contribution in [2.24, 2.45) is 0 Å². The third-order valence-corrected chi connectivity index (χ3v) is 4.05. The average molecular weight is 305 g/mol. The molecule has 0 spiro atoms. The monoisotopic (exact) mass is 305 g/mol. The third kappa shape index (κ3) is 6.18. The molecule has 0 saturated carbocycles. The summed E-state index contributed by atoms with van der Waals surface area (Å²) in [6.45, 7) is 3.46. The van der Waals surface area contributed by atoms with Crippen LogP contribution >= 0.6 is 0 Å². The summed E-state index contributed by atoms with van der Waals surface area (Å²) in [6, 6.07) is -0.854. The van der Waals surface area contributed by atoms with Crippen LogP contribution < -0.4 is 5.32 Å². The van der Waals surface area contributed by atoms with Gasteiger partial charge in [-0.05, 0) is 19.3 Å². The van der Waals surface area contributed by atoms with Gasteiger partial charge in [0.1, 0.15) is 6.10 Å². The predicted molar refractivity (Wildman–Crippen MR) is 80.0 cm³/mol. The number of piperidine rings is 1. The highest BCUT2D eigenvalue weighted by Crippen LogP contribution is 2.19. The van der Waals surface area contributed by atoms with E-state index in [0.717, 1.165) is 51.7 Å². The standard InChI is InChI=1S/C15H31NO5/c1-2-8-21-9-6-4-3-5-7-11-13(18)15(20)14(19)12(10-17)16-11/h11-20H,2-10H2,1H3/t11?,12-,13+,14-,15-/m1/s1. The van der Waals surface area contributed by atoms with Crippen LogP contribution in [0.2, 0.25) is 0 Å². The van der Waals surface area contributed by atoms with Gasteiger partial charge >= 0.3 is 0 Å². The number of aliphatic hydroxyl groups excluding tert-OH is 4. The normalized spacial score (nSPS) is 33.3. The summed E-state index contributed by atoms with van der Waals surface area (Å²) in [5, 5.41) is 41.6. The molecular weight excluding hydrogens is 274 g/mol. The fraction of sp³-hybridized carbons (Fsp3) is 1.00. The summed E-state index contributed by atoms with van der Waals surface area (Å²) in [5.74, 6) is 0. The second kappa shape index (κ2) is 10.5. The molecule has 1 aliphatic rings. The van der Waals surface area contributed by atoms with E-state index in [2.05, 4.69) is 12.2 Å². The van der Waals surface area contributed by atoms with Crippen molar-refractivity contribution in [1.82, 2.24) is 5.32 Å². The minimum absolute atomic E-state index is 0.254. The number of rotatable bonds is 10. The Morgan fingerprint density at radius 1 is 0.857 bits per heavy atom. The van der Waals surface area contributed by atoms with Gasteiger partial charge in [-0.25, -0.2) is 0 Å². The van der Waals surface area contributed by atoms with Crippen LogP contribution in [0.25, 0.3) is 0 Å². The van der Waals surface area contributed by atoms with Crippen molar-refractivity contribution in [2.75, 3.05) is 19.8 Å². The molecule has 1 aliphatic heterocycles. The summed E-state index contributed by atoms with van der Waals surface area (Å²) in [6.07, 6.45) is 2.56. The minimum atomic E-state index is -1.20. The van der Waals surface area contributed by atoms with E-state index < -0.39 is 24.4 Å². The smallest absolute Gasteiger partial charge is 0.109 e. The van der Waals surface area contributed by atoms with E-state index in [-0.39, 0.29) is 12.6 Å². The topological polar surface area (TPSA) is 102 Å².